The van der Waals surface area contributed by atoms with Crippen LogP contribution in [0.2, 0.25) is 0 Å². The van der Waals surface area contributed by atoms with Gasteiger partial charge in [0.05, 0.1) is 26.0 Å². The van der Waals surface area contributed by atoms with Crippen LogP contribution in [0.25, 0.3) is 0 Å². The number of carbonyl (C=O) groups is 2. The van der Waals surface area contributed by atoms with Gasteiger partial charge < -0.3 is 14.2 Å². The summed E-state index contributed by atoms with van der Waals surface area (Å²) in [4.78, 5) is 23.3. The molecule has 2 rings (SSSR count). The van der Waals surface area contributed by atoms with Gasteiger partial charge in [-0.3, -0.25) is 4.79 Å². The molecule has 0 heterocycles. The maximum Gasteiger partial charge on any atom is 0.416 e. The lowest BCUT2D eigenvalue weighted by atomic mass is 10.1. The molecule has 11 heteroatoms. The van der Waals surface area contributed by atoms with Gasteiger partial charge >= 0.3 is 12.1 Å². The van der Waals surface area contributed by atoms with Crippen molar-refractivity contribution < 1.29 is 37.0 Å². The van der Waals surface area contributed by atoms with Crippen LogP contribution in [-0.4, -0.2) is 38.9 Å². The van der Waals surface area contributed by atoms with Crippen LogP contribution in [0.4, 0.5) is 13.2 Å². The molecule has 0 fully saturated rings. The lowest BCUT2D eigenvalue weighted by molar-refractivity contribution is -0.143. The summed E-state index contributed by atoms with van der Waals surface area (Å²) >= 11 is 3.30. The second kappa shape index (κ2) is 10.1. The fourth-order valence-corrected chi connectivity index (χ4v) is 2.60. The molecule has 0 aliphatic heterocycles. The van der Waals surface area contributed by atoms with Crippen molar-refractivity contribution in [1.29, 1.82) is 0 Å². The molecule has 0 aliphatic carbocycles. The Hall–Kier alpha value is -3.08. The summed E-state index contributed by atoms with van der Waals surface area (Å²) in [6.07, 6.45) is -3.29. The number of rotatable bonds is 7. The molecular weight excluding hydrogens is 473 g/mol. The highest BCUT2D eigenvalue weighted by molar-refractivity contribution is 9.10. The molecule has 0 spiro atoms. The Labute approximate surface area is 177 Å². The van der Waals surface area contributed by atoms with E-state index < -0.39 is 23.6 Å². The molecule has 2 aromatic rings. The minimum absolute atomic E-state index is 0.190. The third kappa shape index (κ3) is 6.21. The van der Waals surface area contributed by atoms with Crippen LogP contribution in [-0.2, 0) is 15.7 Å². The van der Waals surface area contributed by atoms with E-state index in [0.29, 0.717) is 10.0 Å². The van der Waals surface area contributed by atoms with Gasteiger partial charge in [-0.05, 0) is 46.3 Å². The first-order valence-electron chi connectivity index (χ1n) is 8.23. The molecule has 0 aromatic heterocycles. The minimum Gasteiger partial charge on any atom is -0.493 e. The van der Waals surface area contributed by atoms with E-state index in [4.69, 9.17) is 9.47 Å². The van der Waals surface area contributed by atoms with Crippen molar-refractivity contribution >= 4 is 34.0 Å². The predicted octanol–water partition coefficient (Wildman–Crippen LogP) is 3.79. The van der Waals surface area contributed by atoms with Crippen molar-refractivity contribution in [2.24, 2.45) is 5.10 Å². The summed E-state index contributed by atoms with van der Waals surface area (Å²) in [6.45, 7) is -0.320. The van der Waals surface area contributed by atoms with Gasteiger partial charge in [-0.1, -0.05) is 6.07 Å². The second-order valence-electron chi connectivity index (χ2n) is 5.67. The molecule has 0 saturated heterocycles. The van der Waals surface area contributed by atoms with Crippen molar-refractivity contribution in [3.63, 3.8) is 0 Å². The van der Waals surface area contributed by atoms with Crippen molar-refractivity contribution in [3.8, 4) is 11.5 Å². The van der Waals surface area contributed by atoms with Gasteiger partial charge in [0.1, 0.15) is 0 Å². The zero-order valence-electron chi connectivity index (χ0n) is 15.7. The third-order valence-corrected chi connectivity index (χ3v) is 4.36. The highest BCUT2D eigenvalue weighted by Crippen LogP contribution is 2.33. The molecule has 0 atom stereocenters. The summed E-state index contributed by atoms with van der Waals surface area (Å²) in [7, 11) is 2.62. The average Bonchev–Trinajstić information content (AvgIpc) is 2.72. The maximum absolute atomic E-state index is 12.8. The van der Waals surface area contributed by atoms with Crippen LogP contribution in [0.15, 0.2) is 46.0 Å². The number of ether oxygens (including phenoxy) is 3. The normalized spacial score (nSPS) is 11.3. The number of benzene rings is 2. The summed E-state index contributed by atoms with van der Waals surface area (Å²) in [5.74, 6) is -0.831. The van der Waals surface area contributed by atoms with Gasteiger partial charge in [0, 0.05) is 15.6 Å². The molecule has 1 amide bonds. The molecule has 2 aromatic carbocycles. The lowest BCUT2D eigenvalue weighted by Gasteiger charge is -2.12. The molecule has 0 bridgehead atoms. The summed E-state index contributed by atoms with van der Waals surface area (Å²) in [6, 6.07) is 7.03. The summed E-state index contributed by atoms with van der Waals surface area (Å²) in [5, 5.41) is 3.76. The fraction of sp³-hybridized carbons (Fsp3) is 0.211. The number of alkyl halides is 3. The highest BCUT2D eigenvalue weighted by Gasteiger charge is 2.30. The number of nitrogens with one attached hydrogen (secondary N) is 1. The lowest BCUT2D eigenvalue weighted by Crippen LogP contribution is -2.18. The van der Waals surface area contributed by atoms with Crippen LogP contribution in [0.3, 0.4) is 0 Å². The van der Waals surface area contributed by atoms with Crippen molar-refractivity contribution in [2.75, 3.05) is 20.8 Å². The molecule has 0 radical (unpaired) electrons. The van der Waals surface area contributed by atoms with E-state index in [0.717, 1.165) is 18.2 Å². The van der Waals surface area contributed by atoms with Crippen molar-refractivity contribution in [3.05, 3.63) is 57.6 Å². The number of hydrogen-bond acceptors (Lipinski definition) is 6. The largest absolute Gasteiger partial charge is 0.493 e. The fourth-order valence-electron chi connectivity index (χ4n) is 2.18. The van der Waals surface area contributed by atoms with Crippen LogP contribution in [0.1, 0.15) is 21.5 Å². The summed E-state index contributed by atoms with van der Waals surface area (Å²) < 4.78 is 53.8. The van der Waals surface area contributed by atoms with E-state index >= 15 is 0 Å². The van der Waals surface area contributed by atoms with Gasteiger partial charge in [-0.2, -0.15) is 18.3 Å². The number of methoxy groups -OCH3 is 2. The van der Waals surface area contributed by atoms with E-state index in [1.54, 1.807) is 0 Å². The zero-order chi connectivity index (χ0) is 22.3. The molecule has 0 saturated carbocycles. The number of carbonyl (C=O) groups excluding carboxylic acids is 2. The van der Waals surface area contributed by atoms with E-state index in [2.05, 4.69) is 31.2 Å². The number of esters is 1. The monoisotopic (exact) mass is 488 g/mol. The first-order valence-corrected chi connectivity index (χ1v) is 9.02. The summed E-state index contributed by atoms with van der Waals surface area (Å²) in [5.41, 5.74) is 1.51. The van der Waals surface area contributed by atoms with Gasteiger partial charge in [0.15, 0.2) is 18.1 Å². The van der Waals surface area contributed by atoms with Crippen LogP contribution < -0.4 is 14.9 Å². The molecule has 30 heavy (non-hydrogen) atoms. The van der Waals surface area contributed by atoms with E-state index in [1.165, 1.54) is 38.6 Å². The van der Waals surface area contributed by atoms with Gasteiger partial charge in [0.25, 0.3) is 5.91 Å². The Morgan fingerprint density at radius 1 is 1.17 bits per heavy atom. The number of hydrazone groups is 1. The number of halogens is 4. The predicted molar refractivity (Wildman–Crippen MR) is 105 cm³/mol. The quantitative estimate of drug-likeness (QED) is 0.364. The topological polar surface area (TPSA) is 86.2 Å². The zero-order valence-corrected chi connectivity index (χ0v) is 17.3. The Bertz CT molecular complexity index is 964. The number of nitrogens with zero attached hydrogens (tertiary/aromatic N) is 1. The van der Waals surface area contributed by atoms with Crippen LogP contribution in [0, 0.1) is 0 Å². The Kier molecular flexibility index (Phi) is 7.81. The van der Waals surface area contributed by atoms with Gasteiger partial charge in [-0.25, -0.2) is 10.2 Å². The minimum atomic E-state index is -4.56. The van der Waals surface area contributed by atoms with E-state index in [1.807, 2.05) is 0 Å². The maximum atomic E-state index is 12.8. The highest BCUT2D eigenvalue weighted by atomic mass is 79.9. The third-order valence-electron chi connectivity index (χ3n) is 3.68. The van der Waals surface area contributed by atoms with Crippen LogP contribution in [0.5, 0.6) is 11.5 Å². The Balaban J connectivity index is 2.12. The molecule has 0 aliphatic rings. The number of hydrogen-bond donors (Lipinski definition) is 1. The molecule has 160 valence electrons. The first kappa shape index (κ1) is 23.2. The number of amides is 1. The van der Waals surface area contributed by atoms with Crippen molar-refractivity contribution in [1.82, 2.24) is 5.43 Å². The molecule has 7 nitrogen and oxygen atoms in total. The van der Waals surface area contributed by atoms with Crippen molar-refractivity contribution in [2.45, 2.75) is 6.18 Å². The molecule has 0 unspecified atom stereocenters. The average molecular weight is 489 g/mol. The standard InChI is InChI=1S/C19H16BrF3N2O5/c1-28-15-7-12(14(20)8-16(15)30-10-17(26)29-2)9-24-25-18(27)11-4-3-5-13(6-11)19(21,22)23/h3-9H,10H2,1-2H3,(H,25,27)/b24-9-. The smallest absolute Gasteiger partial charge is 0.416 e. The van der Waals surface area contributed by atoms with Crippen LogP contribution >= 0.6 is 15.9 Å². The molecule has 1 N–H and O–H groups in total. The Morgan fingerprint density at radius 2 is 1.90 bits per heavy atom. The molecular formula is C19H16BrF3N2O5. The van der Waals surface area contributed by atoms with E-state index in [9.17, 15) is 22.8 Å². The SMILES string of the molecule is COC(=O)COc1cc(Br)c(/C=N\NC(=O)c2cccc(C(F)(F)F)c2)cc1OC. The second-order valence-corrected chi connectivity index (χ2v) is 6.52. The van der Waals surface area contributed by atoms with E-state index in [-0.39, 0.29) is 23.7 Å². The van der Waals surface area contributed by atoms with Gasteiger partial charge in [-0.15, -0.1) is 0 Å². The first-order chi connectivity index (χ1) is 14.2. The van der Waals surface area contributed by atoms with Gasteiger partial charge in [0.2, 0.25) is 0 Å². The Morgan fingerprint density at radius 3 is 2.53 bits per heavy atom.